The minimum Gasteiger partial charge on any atom is -0.395 e. The van der Waals surface area contributed by atoms with Gasteiger partial charge in [0.25, 0.3) is 0 Å². The number of aliphatic hydroxyl groups excluding tert-OH is 2. The third-order valence-electron chi connectivity index (χ3n) is 2.73. The summed E-state index contributed by atoms with van der Waals surface area (Å²) in [7, 11) is 0. The van der Waals surface area contributed by atoms with Crippen LogP contribution in [-0.4, -0.2) is 48.0 Å². The average Bonchev–Trinajstić information content (AvgIpc) is 2.31. The van der Waals surface area contributed by atoms with Crippen molar-refractivity contribution in [3.8, 4) is 0 Å². The van der Waals surface area contributed by atoms with Crippen molar-refractivity contribution in [3.63, 3.8) is 0 Å². The summed E-state index contributed by atoms with van der Waals surface area (Å²) in [6.45, 7) is 4.56. The molecule has 0 aliphatic carbocycles. The molecule has 1 atom stereocenters. The van der Waals surface area contributed by atoms with Crippen LogP contribution in [0.4, 0.5) is 0 Å². The number of rotatable bonds is 7. The van der Waals surface area contributed by atoms with E-state index in [1.54, 1.807) is 0 Å². The van der Waals surface area contributed by atoms with Gasteiger partial charge in [-0.15, -0.1) is 0 Å². The second-order valence-corrected chi connectivity index (χ2v) is 4.06. The van der Waals surface area contributed by atoms with Crippen molar-refractivity contribution in [2.75, 3.05) is 32.8 Å². The van der Waals surface area contributed by atoms with Crippen molar-refractivity contribution >= 4 is 0 Å². The van der Waals surface area contributed by atoms with E-state index in [-0.39, 0.29) is 13.2 Å². The van der Waals surface area contributed by atoms with Gasteiger partial charge in [-0.2, -0.15) is 0 Å². The fraction of sp³-hybridized carbons (Fsp3) is 0.538. The van der Waals surface area contributed by atoms with Crippen LogP contribution in [-0.2, 0) is 0 Å². The SMILES string of the molecule is CC(CN(CCO)CCO)c1ccccc1. The van der Waals surface area contributed by atoms with Gasteiger partial charge in [0, 0.05) is 19.6 Å². The highest BCUT2D eigenvalue weighted by Gasteiger charge is 2.10. The van der Waals surface area contributed by atoms with Gasteiger partial charge in [0.05, 0.1) is 13.2 Å². The molecule has 3 heteroatoms. The molecule has 0 saturated carbocycles. The summed E-state index contributed by atoms with van der Waals surface area (Å²) < 4.78 is 0. The number of hydrogen-bond donors (Lipinski definition) is 2. The molecule has 0 bridgehead atoms. The summed E-state index contributed by atoms with van der Waals surface area (Å²) in [6, 6.07) is 10.3. The summed E-state index contributed by atoms with van der Waals surface area (Å²) in [5, 5.41) is 17.8. The molecule has 1 unspecified atom stereocenters. The molecular formula is C13H21NO2. The van der Waals surface area contributed by atoms with E-state index in [0.717, 1.165) is 6.54 Å². The van der Waals surface area contributed by atoms with E-state index in [1.165, 1.54) is 5.56 Å². The molecule has 0 aromatic heterocycles. The molecule has 0 fully saturated rings. The lowest BCUT2D eigenvalue weighted by Gasteiger charge is -2.24. The first-order chi connectivity index (χ1) is 7.77. The third-order valence-corrected chi connectivity index (χ3v) is 2.73. The van der Waals surface area contributed by atoms with Crippen LogP contribution < -0.4 is 0 Å². The summed E-state index contributed by atoms with van der Waals surface area (Å²) >= 11 is 0. The lowest BCUT2D eigenvalue weighted by molar-refractivity contribution is 0.156. The number of hydrogen-bond acceptors (Lipinski definition) is 3. The van der Waals surface area contributed by atoms with Gasteiger partial charge in [-0.25, -0.2) is 0 Å². The fourth-order valence-electron chi connectivity index (χ4n) is 1.85. The lowest BCUT2D eigenvalue weighted by Crippen LogP contribution is -2.33. The molecule has 3 nitrogen and oxygen atoms in total. The Hall–Kier alpha value is -0.900. The maximum Gasteiger partial charge on any atom is 0.0558 e. The molecule has 1 aromatic rings. The normalized spacial score (nSPS) is 13.0. The van der Waals surface area contributed by atoms with Gasteiger partial charge < -0.3 is 10.2 Å². The van der Waals surface area contributed by atoms with E-state index in [4.69, 9.17) is 10.2 Å². The molecule has 0 amide bonds. The monoisotopic (exact) mass is 223 g/mol. The maximum atomic E-state index is 8.92. The van der Waals surface area contributed by atoms with Gasteiger partial charge in [-0.05, 0) is 11.5 Å². The van der Waals surface area contributed by atoms with E-state index < -0.39 is 0 Å². The Kier molecular flexibility index (Phi) is 6.08. The molecule has 90 valence electrons. The topological polar surface area (TPSA) is 43.7 Å². The Labute approximate surface area is 97.3 Å². The van der Waals surface area contributed by atoms with Gasteiger partial charge in [0.1, 0.15) is 0 Å². The Morgan fingerprint density at radius 2 is 1.62 bits per heavy atom. The van der Waals surface area contributed by atoms with Crippen molar-refractivity contribution in [2.24, 2.45) is 0 Å². The molecule has 1 rings (SSSR count). The summed E-state index contributed by atoms with van der Waals surface area (Å²) in [6.07, 6.45) is 0. The van der Waals surface area contributed by atoms with Gasteiger partial charge in [0.15, 0.2) is 0 Å². The van der Waals surface area contributed by atoms with E-state index in [0.29, 0.717) is 19.0 Å². The molecule has 0 aliphatic heterocycles. The largest absolute Gasteiger partial charge is 0.395 e. The third kappa shape index (κ3) is 4.31. The zero-order chi connectivity index (χ0) is 11.8. The van der Waals surface area contributed by atoms with Crippen LogP contribution in [0.15, 0.2) is 30.3 Å². The molecule has 0 aliphatic rings. The Morgan fingerprint density at radius 3 is 2.12 bits per heavy atom. The van der Waals surface area contributed by atoms with Crippen LogP contribution in [0, 0.1) is 0 Å². The molecule has 0 spiro atoms. The second kappa shape index (κ2) is 7.39. The standard InChI is InChI=1S/C13H21NO2/c1-12(13-5-3-2-4-6-13)11-14(7-9-15)8-10-16/h2-6,12,15-16H,7-11H2,1H3. The molecule has 2 N–H and O–H groups in total. The Bertz CT molecular complexity index is 271. The molecule has 16 heavy (non-hydrogen) atoms. The predicted octanol–water partition coefficient (Wildman–Crippen LogP) is 1.08. The highest BCUT2D eigenvalue weighted by molar-refractivity contribution is 5.18. The predicted molar refractivity (Wildman–Crippen MR) is 65.5 cm³/mol. The van der Waals surface area contributed by atoms with Crippen molar-refractivity contribution in [1.29, 1.82) is 0 Å². The summed E-state index contributed by atoms with van der Waals surface area (Å²) in [5.41, 5.74) is 1.29. The van der Waals surface area contributed by atoms with Gasteiger partial charge >= 0.3 is 0 Å². The first kappa shape index (κ1) is 13.2. The smallest absolute Gasteiger partial charge is 0.0558 e. The van der Waals surface area contributed by atoms with Crippen LogP contribution in [0.5, 0.6) is 0 Å². The summed E-state index contributed by atoms with van der Waals surface area (Å²) in [4.78, 5) is 2.08. The van der Waals surface area contributed by atoms with Crippen LogP contribution >= 0.6 is 0 Å². The Balaban J connectivity index is 2.50. The molecule has 1 aromatic carbocycles. The number of nitrogens with zero attached hydrogens (tertiary/aromatic N) is 1. The van der Waals surface area contributed by atoms with Crippen LogP contribution in [0.1, 0.15) is 18.4 Å². The van der Waals surface area contributed by atoms with E-state index in [2.05, 4.69) is 24.0 Å². The van der Waals surface area contributed by atoms with Gasteiger partial charge in [-0.3, -0.25) is 4.90 Å². The first-order valence-corrected chi connectivity index (χ1v) is 5.77. The molecule has 0 saturated heterocycles. The first-order valence-electron chi connectivity index (χ1n) is 5.77. The quantitative estimate of drug-likeness (QED) is 0.727. The maximum absolute atomic E-state index is 8.92. The summed E-state index contributed by atoms with van der Waals surface area (Å²) in [5.74, 6) is 0.416. The van der Waals surface area contributed by atoms with Gasteiger partial charge in [0.2, 0.25) is 0 Å². The Morgan fingerprint density at radius 1 is 1.06 bits per heavy atom. The number of benzene rings is 1. The fourth-order valence-corrected chi connectivity index (χ4v) is 1.85. The lowest BCUT2D eigenvalue weighted by atomic mass is 10.0. The zero-order valence-electron chi connectivity index (χ0n) is 9.84. The van der Waals surface area contributed by atoms with Crippen molar-refractivity contribution in [2.45, 2.75) is 12.8 Å². The van der Waals surface area contributed by atoms with Gasteiger partial charge in [-0.1, -0.05) is 37.3 Å². The van der Waals surface area contributed by atoms with E-state index >= 15 is 0 Å². The van der Waals surface area contributed by atoms with Crippen LogP contribution in [0.3, 0.4) is 0 Å². The number of aliphatic hydroxyl groups is 2. The van der Waals surface area contributed by atoms with Crippen LogP contribution in [0.25, 0.3) is 0 Å². The highest BCUT2D eigenvalue weighted by atomic mass is 16.3. The molecule has 0 radical (unpaired) electrons. The van der Waals surface area contributed by atoms with E-state index in [9.17, 15) is 0 Å². The second-order valence-electron chi connectivity index (χ2n) is 4.06. The minimum absolute atomic E-state index is 0.140. The van der Waals surface area contributed by atoms with Crippen molar-refractivity contribution in [1.82, 2.24) is 4.90 Å². The van der Waals surface area contributed by atoms with Crippen molar-refractivity contribution in [3.05, 3.63) is 35.9 Å². The average molecular weight is 223 g/mol. The van der Waals surface area contributed by atoms with E-state index in [1.807, 2.05) is 18.2 Å². The molecule has 0 heterocycles. The minimum atomic E-state index is 0.140. The van der Waals surface area contributed by atoms with Crippen LogP contribution in [0.2, 0.25) is 0 Å². The van der Waals surface area contributed by atoms with Crippen molar-refractivity contribution < 1.29 is 10.2 Å². The zero-order valence-corrected chi connectivity index (χ0v) is 9.84. The highest BCUT2D eigenvalue weighted by Crippen LogP contribution is 2.15. The molecular weight excluding hydrogens is 202 g/mol.